The van der Waals surface area contributed by atoms with E-state index in [9.17, 15) is 13.2 Å². The number of halogens is 1. The molecule has 2 heterocycles. The maximum absolute atomic E-state index is 12.8. The number of fused-ring (bicyclic) bond motifs is 1. The van der Waals surface area contributed by atoms with Gasteiger partial charge in [-0.25, -0.2) is 13.2 Å². The second kappa shape index (κ2) is 7.00. The van der Waals surface area contributed by atoms with Gasteiger partial charge in [-0.1, -0.05) is 6.42 Å². The minimum Gasteiger partial charge on any atom is -0.423 e. The predicted octanol–water partition coefficient (Wildman–Crippen LogP) is 1.72. The third kappa shape index (κ3) is 3.42. The highest BCUT2D eigenvalue weighted by atomic mass is 35.5. The summed E-state index contributed by atoms with van der Waals surface area (Å²) in [7, 11) is -3.59. The molecule has 1 aromatic heterocycles. The van der Waals surface area contributed by atoms with E-state index in [2.05, 4.69) is 0 Å². The van der Waals surface area contributed by atoms with Crippen molar-refractivity contribution in [3.63, 3.8) is 0 Å². The Hall–Kier alpha value is -1.41. The molecule has 0 radical (unpaired) electrons. The summed E-state index contributed by atoms with van der Waals surface area (Å²) in [5.41, 5.74) is 5.64. The van der Waals surface area contributed by atoms with Crippen LogP contribution in [-0.2, 0) is 10.0 Å². The van der Waals surface area contributed by atoms with Crippen molar-refractivity contribution in [3.8, 4) is 0 Å². The van der Waals surface area contributed by atoms with Crippen molar-refractivity contribution < 1.29 is 12.8 Å². The van der Waals surface area contributed by atoms with Crippen LogP contribution < -0.4 is 11.4 Å². The van der Waals surface area contributed by atoms with E-state index in [-0.39, 0.29) is 23.3 Å². The Morgan fingerprint density at radius 3 is 2.74 bits per heavy atom. The first-order valence-corrected chi connectivity index (χ1v) is 8.72. The monoisotopic (exact) mass is 358 g/mol. The maximum atomic E-state index is 12.8. The molecule has 0 saturated carbocycles. The largest absolute Gasteiger partial charge is 0.423 e. The third-order valence-corrected chi connectivity index (χ3v) is 5.99. The van der Waals surface area contributed by atoms with Crippen molar-refractivity contribution >= 4 is 33.4 Å². The molecule has 126 valence electrons. The summed E-state index contributed by atoms with van der Waals surface area (Å²) >= 11 is 0. The number of hydrogen-bond donors (Lipinski definition) is 1. The first kappa shape index (κ1) is 17.9. The standard InChI is InChI=1S/C15H18N2O4S.ClH/c16-10-12-3-1-2-8-17(12)22(19,20)13-5-6-14-11(9-13)4-7-15(18)21-14;/h4-7,9,12H,1-3,8,10,16H2;1H. The molecule has 6 nitrogen and oxygen atoms in total. The molecule has 1 atom stereocenters. The summed E-state index contributed by atoms with van der Waals surface area (Å²) < 4.78 is 32.2. The van der Waals surface area contributed by atoms with Gasteiger partial charge in [-0.2, -0.15) is 4.31 Å². The molecular formula is C15H19ClN2O4S. The number of sulfonamides is 1. The van der Waals surface area contributed by atoms with Crippen molar-refractivity contribution in [2.45, 2.75) is 30.2 Å². The number of piperidine rings is 1. The van der Waals surface area contributed by atoms with E-state index in [1.54, 1.807) is 6.07 Å². The molecule has 1 fully saturated rings. The predicted molar refractivity (Wildman–Crippen MR) is 90.3 cm³/mol. The first-order valence-electron chi connectivity index (χ1n) is 7.28. The van der Waals surface area contributed by atoms with E-state index in [1.165, 1.54) is 28.6 Å². The molecular weight excluding hydrogens is 340 g/mol. The van der Waals surface area contributed by atoms with Gasteiger partial charge < -0.3 is 10.2 Å². The molecule has 0 spiro atoms. The van der Waals surface area contributed by atoms with Gasteiger partial charge in [0.2, 0.25) is 10.0 Å². The molecule has 2 aromatic rings. The zero-order valence-corrected chi connectivity index (χ0v) is 14.1. The van der Waals surface area contributed by atoms with Crippen molar-refractivity contribution in [1.29, 1.82) is 0 Å². The van der Waals surface area contributed by atoms with Crippen LogP contribution in [0.5, 0.6) is 0 Å². The van der Waals surface area contributed by atoms with E-state index in [4.69, 9.17) is 10.2 Å². The van der Waals surface area contributed by atoms with Gasteiger partial charge in [0.15, 0.2) is 0 Å². The van der Waals surface area contributed by atoms with Gasteiger partial charge in [-0.05, 0) is 37.1 Å². The van der Waals surface area contributed by atoms with E-state index < -0.39 is 15.6 Å². The topological polar surface area (TPSA) is 93.6 Å². The minimum atomic E-state index is -3.59. The Kier molecular flexibility index (Phi) is 5.46. The SMILES string of the molecule is Cl.NCC1CCCCN1S(=O)(=O)c1ccc2oc(=O)ccc2c1. The fourth-order valence-corrected chi connectivity index (χ4v) is 4.61. The molecule has 2 N–H and O–H groups in total. The highest BCUT2D eigenvalue weighted by Gasteiger charge is 2.32. The third-order valence-electron chi connectivity index (χ3n) is 4.04. The van der Waals surface area contributed by atoms with Crippen molar-refractivity contribution in [2.24, 2.45) is 5.73 Å². The smallest absolute Gasteiger partial charge is 0.336 e. The Bertz CT molecular complexity index is 850. The van der Waals surface area contributed by atoms with Gasteiger partial charge in [0, 0.05) is 30.6 Å². The van der Waals surface area contributed by atoms with Gasteiger partial charge in [-0.15, -0.1) is 12.4 Å². The number of nitrogens with zero attached hydrogens (tertiary/aromatic N) is 1. The maximum Gasteiger partial charge on any atom is 0.336 e. The minimum absolute atomic E-state index is 0. The van der Waals surface area contributed by atoms with Gasteiger partial charge in [0.25, 0.3) is 0 Å². The summed E-state index contributed by atoms with van der Waals surface area (Å²) in [5, 5.41) is 0.585. The molecule has 0 amide bonds. The molecule has 23 heavy (non-hydrogen) atoms. The summed E-state index contributed by atoms with van der Waals surface area (Å²) in [6.45, 7) is 0.813. The van der Waals surface area contributed by atoms with Crippen molar-refractivity contribution in [3.05, 3.63) is 40.8 Å². The van der Waals surface area contributed by atoms with Gasteiger partial charge in [0.1, 0.15) is 5.58 Å². The normalized spacial score (nSPS) is 19.4. The fraction of sp³-hybridized carbons (Fsp3) is 0.400. The van der Waals surface area contributed by atoms with Crippen molar-refractivity contribution in [1.82, 2.24) is 4.31 Å². The van der Waals surface area contributed by atoms with E-state index in [1.807, 2.05) is 0 Å². The van der Waals surface area contributed by atoms with Crippen LogP contribution in [0.4, 0.5) is 0 Å². The second-order valence-electron chi connectivity index (χ2n) is 5.46. The molecule has 0 aliphatic carbocycles. The van der Waals surface area contributed by atoms with Crippen LogP contribution in [0.2, 0.25) is 0 Å². The second-order valence-corrected chi connectivity index (χ2v) is 7.35. The quantitative estimate of drug-likeness (QED) is 0.843. The molecule has 8 heteroatoms. The molecule has 1 unspecified atom stereocenters. The average molecular weight is 359 g/mol. The number of benzene rings is 1. The molecule has 1 aliphatic heterocycles. The Balaban J connectivity index is 0.00000192. The van der Waals surface area contributed by atoms with E-state index in [0.717, 1.165) is 19.3 Å². The van der Waals surface area contributed by atoms with Crippen LogP contribution in [0.1, 0.15) is 19.3 Å². The van der Waals surface area contributed by atoms with Gasteiger partial charge in [0.05, 0.1) is 4.90 Å². The lowest BCUT2D eigenvalue weighted by Gasteiger charge is -2.33. The number of rotatable bonds is 3. The Morgan fingerprint density at radius 2 is 2.00 bits per heavy atom. The highest BCUT2D eigenvalue weighted by molar-refractivity contribution is 7.89. The van der Waals surface area contributed by atoms with Crippen LogP contribution in [0.25, 0.3) is 11.0 Å². The average Bonchev–Trinajstić information content (AvgIpc) is 2.54. The summed E-state index contributed by atoms with van der Waals surface area (Å²) in [4.78, 5) is 11.4. The van der Waals surface area contributed by atoms with Crippen LogP contribution in [0.15, 0.2) is 44.4 Å². The fourth-order valence-electron chi connectivity index (χ4n) is 2.87. The molecule has 1 aromatic carbocycles. The summed E-state index contributed by atoms with van der Waals surface area (Å²) in [6, 6.07) is 7.23. The van der Waals surface area contributed by atoms with Gasteiger partial charge in [-0.3, -0.25) is 0 Å². The molecule has 1 saturated heterocycles. The Labute approximate surface area is 140 Å². The Morgan fingerprint density at radius 1 is 1.22 bits per heavy atom. The molecule has 0 bridgehead atoms. The zero-order valence-electron chi connectivity index (χ0n) is 12.5. The summed E-state index contributed by atoms with van der Waals surface area (Å²) in [6.07, 6.45) is 2.63. The van der Waals surface area contributed by atoms with Crippen LogP contribution in [0, 0.1) is 0 Å². The number of nitrogens with two attached hydrogens (primary N) is 1. The van der Waals surface area contributed by atoms with Crippen LogP contribution in [0.3, 0.4) is 0 Å². The highest BCUT2D eigenvalue weighted by Crippen LogP contribution is 2.26. The number of hydrogen-bond acceptors (Lipinski definition) is 5. The van der Waals surface area contributed by atoms with Crippen LogP contribution >= 0.6 is 12.4 Å². The van der Waals surface area contributed by atoms with E-state index >= 15 is 0 Å². The van der Waals surface area contributed by atoms with E-state index in [0.29, 0.717) is 24.1 Å². The lowest BCUT2D eigenvalue weighted by atomic mass is 10.1. The summed E-state index contributed by atoms with van der Waals surface area (Å²) in [5.74, 6) is 0. The van der Waals surface area contributed by atoms with Gasteiger partial charge >= 0.3 is 5.63 Å². The lowest BCUT2D eigenvalue weighted by Crippen LogP contribution is -2.47. The zero-order chi connectivity index (χ0) is 15.7. The molecule has 1 aliphatic rings. The molecule has 3 rings (SSSR count). The first-order chi connectivity index (χ1) is 10.5. The van der Waals surface area contributed by atoms with Crippen LogP contribution in [-0.4, -0.2) is 31.9 Å². The lowest BCUT2D eigenvalue weighted by molar-refractivity contribution is 0.257. The van der Waals surface area contributed by atoms with Crippen molar-refractivity contribution in [2.75, 3.05) is 13.1 Å².